The van der Waals surface area contributed by atoms with Crippen molar-refractivity contribution in [3.8, 4) is 0 Å². The Labute approximate surface area is 126 Å². The lowest BCUT2D eigenvalue weighted by Crippen LogP contribution is -2.27. The fourth-order valence-electron chi connectivity index (χ4n) is 2.84. The second kappa shape index (κ2) is 7.73. The van der Waals surface area contributed by atoms with Crippen LogP contribution in [0.4, 0.5) is 10.1 Å². The van der Waals surface area contributed by atoms with Gasteiger partial charge in [-0.05, 0) is 24.6 Å². The van der Waals surface area contributed by atoms with Crippen molar-refractivity contribution in [2.24, 2.45) is 0 Å². The zero-order chi connectivity index (χ0) is 15.2. The molecule has 1 N–H and O–H groups in total. The van der Waals surface area contributed by atoms with Crippen molar-refractivity contribution < 1.29 is 13.9 Å². The third kappa shape index (κ3) is 3.73. The van der Waals surface area contributed by atoms with Crippen molar-refractivity contribution >= 4 is 5.69 Å². The average Bonchev–Trinajstić information content (AvgIpc) is 2.90. The van der Waals surface area contributed by atoms with Crippen LogP contribution in [0.5, 0.6) is 0 Å². The predicted octanol–water partition coefficient (Wildman–Crippen LogP) is 2.18. The molecular weight excluding hydrogens is 271 g/mol. The van der Waals surface area contributed by atoms with Crippen LogP contribution in [0, 0.1) is 5.82 Å². The fourth-order valence-corrected chi connectivity index (χ4v) is 2.84. The number of hydrogen-bond donors (Lipinski definition) is 1. The lowest BCUT2D eigenvalue weighted by molar-refractivity contribution is -0.00461. The van der Waals surface area contributed by atoms with Gasteiger partial charge in [-0.15, -0.1) is 0 Å². The molecule has 2 unspecified atom stereocenters. The van der Waals surface area contributed by atoms with E-state index < -0.39 is 0 Å². The van der Waals surface area contributed by atoms with Gasteiger partial charge >= 0.3 is 0 Å². The summed E-state index contributed by atoms with van der Waals surface area (Å²) in [6, 6.07) is 5.25. The number of benzene rings is 1. The second-order valence-corrected chi connectivity index (χ2v) is 5.38. The maximum atomic E-state index is 14.3. The normalized spacial score (nSPS) is 22.0. The molecule has 0 aromatic heterocycles. The van der Waals surface area contributed by atoms with E-state index in [0.717, 1.165) is 18.5 Å². The summed E-state index contributed by atoms with van der Waals surface area (Å²) in [7, 11) is 3.34. The highest BCUT2D eigenvalue weighted by Gasteiger charge is 2.34. The summed E-state index contributed by atoms with van der Waals surface area (Å²) < 4.78 is 25.2. The summed E-state index contributed by atoms with van der Waals surface area (Å²) in [5.41, 5.74) is 1.65. The van der Waals surface area contributed by atoms with Gasteiger partial charge in [-0.1, -0.05) is 19.1 Å². The van der Waals surface area contributed by atoms with Gasteiger partial charge in [-0.2, -0.15) is 0 Å². The van der Waals surface area contributed by atoms with Crippen molar-refractivity contribution in [2.75, 3.05) is 38.8 Å². The third-order valence-corrected chi connectivity index (χ3v) is 3.95. The highest BCUT2D eigenvalue weighted by molar-refractivity contribution is 5.56. The number of halogens is 1. The number of para-hydroxylation sites is 1. The summed E-state index contributed by atoms with van der Waals surface area (Å²) in [5.74, 6) is -0.183. The van der Waals surface area contributed by atoms with E-state index in [0.29, 0.717) is 25.3 Å². The molecule has 0 aliphatic carbocycles. The number of hydrogen-bond acceptors (Lipinski definition) is 4. The first kappa shape index (κ1) is 16.2. The molecule has 0 spiro atoms. The summed E-state index contributed by atoms with van der Waals surface area (Å²) in [6.45, 7) is 5.02. The Morgan fingerprint density at radius 3 is 2.48 bits per heavy atom. The van der Waals surface area contributed by atoms with E-state index in [-0.39, 0.29) is 18.0 Å². The Kier molecular flexibility index (Phi) is 5.96. The molecule has 2 rings (SSSR count). The molecule has 1 fully saturated rings. The van der Waals surface area contributed by atoms with E-state index in [2.05, 4.69) is 12.2 Å². The van der Waals surface area contributed by atoms with Crippen LogP contribution < -0.4 is 10.2 Å². The summed E-state index contributed by atoms with van der Waals surface area (Å²) in [6.07, 6.45) is 1.02. The Bertz CT molecular complexity index is 444. The highest BCUT2D eigenvalue weighted by atomic mass is 19.1. The lowest BCUT2D eigenvalue weighted by atomic mass is 10.1. The molecule has 0 bridgehead atoms. The van der Waals surface area contributed by atoms with E-state index >= 15 is 0 Å². The van der Waals surface area contributed by atoms with Crippen molar-refractivity contribution in [1.82, 2.24) is 5.32 Å². The van der Waals surface area contributed by atoms with E-state index in [4.69, 9.17) is 9.47 Å². The van der Waals surface area contributed by atoms with Gasteiger partial charge < -0.3 is 19.7 Å². The van der Waals surface area contributed by atoms with E-state index in [1.807, 2.05) is 11.0 Å². The molecule has 0 saturated carbocycles. The zero-order valence-electron chi connectivity index (χ0n) is 13.1. The quantitative estimate of drug-likeness (QED) is 0.782. The van der Waals surface area contributed by atoms with Crippen LogP contribution >= 0.6 is 0 Å². The SMILES string of the molecule is CCCNCc1cccc(F)c1N1CC(OC)C(OC)C1. The Balaban J connectivity index is 2.18. The fraction of sp³-hybridized carbons (Fsp3) is 0.625. The molecule has 4 nitrogen and oxygen atoms in total. The van der Waals surface area contributed by atoms with Gasteiger partial charge in [0.2, 0.25) is 0 Å². The van der Waals surface area contributed by atoms with Crippen molar-refractivity contribution in [3.05, 3.63) is 29.6 Å². The molecule has 118 valence electrons. The Hall–Kier alpha value is -1.17. The molecule has 2 atom stereocenters. The van der Waals surface area contributed by atoms with Gasteiger partial charge in [0.05, 0.1) is 5.69 Å². The number of rotatable bonds is 7. The molecule has 1 aliphatic rings. The number of nitrogens with zero attached hydrogens (tertiary/aromatic N) is 1. The first-order valence-electron chi connectivity index (χ1n) is 7.49. The summed E-state index contributed by atoms with van der Waals surface area (Å²) in [4.78, 5) is 2.03. The zero-order valence-corrected chi connectivity index (χ0v) is 13.1. The molecule has 1 aromatic carbocycles. The molecule has 21 heavy (non-hydrogen) atoms. The molecule has 1 saturated heterocycles. The molecule has 5 heteroatoms. The van der Waals surface area contributed by atoms with E-state index in [9.17, 15) is 4.39 Å². The van der Waals surface area contributed by atoms with Crippen LogP contribution in [0.1, 0.15) is 18.9 Å². The van der Waals surface area contributed by atoms with Gasteiger partial charge in [0.25, 0.3) is 0 Å². The maximum absolute atomic E-state index is 14.3. The van der Waals surface area contributed by atoms with Crippen LogP contribution in [0.3, 0.4) is 0 Å². The van der Waals surface area contributed by atoms with Crippen LogP contribution in [0.2, 0.25) is 0 Å². The molecule has 0 radical (unpaired) electrons. The van der Waals surface area contributed by atoms with E-state index in [1.165, 1.54) is 6.07 Å². The van der Waals surface area contributed by atoms with Crippen LogP contribution in [0.25, 0.3) is 0 Å². The number of methoxy groups -OCH3 is 2. The number of nitrogens with one attached hydrogen (secondary N) is 1. The highest BCUT2D eigenvalue weighted by Crippen LogP contribution is 2.29. The average molecular weight is 296 g/mol. The minimum atomic E-state index is -0.183. The Morgan fingerprint density at radius 1 is 1.24 bits per heavy atom. The maximum Gasteiger partial charge on any atom is 0.146 e. The molecule has 0 amide bonds. The van der Waals surface area contributed by atoms with Crippen molar-refractivity contribution in [2.45, 2.75) is 32.1 Å². The third-order valence-electron chi connectivity index (χ3n) is 3.95. The van der Waals surface area contributed by atoms with Crippen LogP contribution in [-0.4, -0.2) is 46.1 Å². The molecule has 1 heterocycles. The van der Waals surface area contributed by atoms with Crippen LogP contribution in [0.15, 0.2) is 18.2 Å². The van der Waals surface area contributed by atoms with Gasteiger partial charge in [0, 0.05) is 33.9 Å². The molecule has 1 aliphatic heterocycles. The predicted molar refractivity (Wildman–Crippen MR) is 82.2 cm³/mol. The van der Waals surface area contributed by atoms with Crippen molar-refractivity contribution in [1.29, 1.82) is 0 Å². The first-order valence-corrected chi connectivity index (χ1v) is 7.49. The van der Waals surface area contributed by atoms with Crippen molar-refractivity contribution in [3.63, 3.8) is 0 Å². The second-order valence-electron chi connectivity index (χ2n) is 5.38. The van der Waals surface area contributed by atoms with E-state index in [1.54, 1.807) is 20.3 Å². The van der Waals surface area contributed by atoms with Gasteiger partial charge in [-0.3, -0.25) is 0 Å². The first-order chi connectivity index (χ1) is 10.2. The topological polar surface area (TPSA) is 33.7 Å². The lowest BCUT2D eigenvalue weighted by Gasteiger charge is -2.22. The smallest absolute Gasteiger partial charge is 0.146 e. The minimum Gasteiger partial charge on any atom is -0.377 e. The summed E-state index contributed by atoms with van der Waals surface area (Å²) >= 11 is 0. The minimum absolute atomic E-state index is 0.0222. The van der Waals surface area contributed by atoms with Gasteiger partial charge in [0.15, 0.2) is 0 Å². The monoisotopic (exact) mass is 296 g/mol. The summed E-state index contributed by atoms with van der Waals surface area (Å²) in [5, 5.41) is 3.34. The van der Waals surface area contributed by atoms with Gasteiger partial charge in [0.1, 0.15) is 18.0 Å². The molecular formula is C16H25FN2O2. The number of ether oxygens (including phenoxy) is 2. The molecule has 1 aromatic rings. The standard InChI is InChI=1S/C16H25FN2O2/c1-4-8-18-9-12-6-5-7-13(17)16(12)19-10-14(20-2)15(11-19)21-3/h5-7,14-15,18H,4,8-11H2,1-3H3. The largest absolute Gasteiger partial charge is 0.377 e. The number of anilines is 1. The van der Waals surface area contributed by atoms with Gasteiger partial charge in [-0.25, -0.2) is 4.39 Å². The van der Waals surface area contributed by atoms with Crippen LogP contribution in [-0.2, 0) is 16.0 Å². The Morgan fingerprint density at radius 2 is 1.90 bits per heavy atom.